The van der Waals surface area contributed by atoms with Crippen molar-refractivity contribution in [1.82, 2.24) is 14.5 Å². The van der Waals surface area contributed by atoms with Crippen molar-refractivity contribution in [2.24, 2.45) is 0 Å². The lowest BCUT2D eigenvalue weighted by Gasteiger charge is -2.23. The van der Waals surface area contributed by atoms with Crippen LogP contribution in [0.3, 0.4) is 0 Å². The molecule has 0 saturated carbocycles. The van der Waals surface area contributed by atoms with E-state index >= 15 is 0 Å². The van der Waals surface area contributed by atoms with Gasteiger partial charge in [0.25, 0.3) is 5.56 Å². The van der Waals surface area contributed by atoms with Gasteiger partial charge in [0.1, 0.15) is 11.3 Å². The highest BCUT2D eigenvalue weighted by Gasteiger charge is 2.18. The first-order valence-electron chi connectivity index (χ1n) is 11.6. The van der Waals surface area contributed by atoms with Gasteiger partial charge in [-0.15, -0.1) is 0 Å². The zero-order valence-corrected chi connectivity index (χ0v) is 19.5. The van der Waals surface area contributed by atoms with E-state index in [1.807, 2.05) is 48.5 Å². The van der Waals surface area contributed by atoms with Gasteiger partial charge >= 0.3 is 0 Å². The van der Waals surface area contributed by atoms with E-state index in [2.05, 4.69) is 28.3 Å². The van der Waals surface area contributed by atoms with Crippen molar-refractivity contribution in [2.45, 2.75) is 32.4 Å². The third kappa shape index (κ3) is 4.52. The van der Waals surface area contributed by atoms with Gasteiger partial charge in [0.2, 0.25) is 5.95 Å². The Hall–Kier alpha value is -3.71. The molecule has 7 heteroatoms. The summed E-state index contributed by atoms with van der Waals surface area (Å²) in [6.45, 7) is 3.90. The van der Waals surface area contributed by atoms with Crippen LogP contribution in [0.5, 0.6) is 5.75 Å². The Kier molecular flexibility index (Phi) is 6.27. The van der Waals surface area contributed by atoms with Gasteiger partial charge in [-0.25, -0.2) is 9.97 Å². The molecule has 1 saturated heterocycles. The molecule has 1 N–H and O–H groups in total. The van der Waals surface area contributed by atoms with Gasteiger partial charge in [0.05, 0.1) is 19.3 Å². The van der Waals surface area contributed by atoms with E-state index in [1.165, 1.54) is 0 Å². The van der Waals surface area contributed by atoms with Crippen LogP contribution in [0.4, 0.5) is 5.95 Å². The zero-order valence-electron chi connectivity index (χ0n) is 19.5. The largest absolute Gasteiger partial charge is 0.497 e. The van der Waals surface area contributed by atoms with Crippen molar-refractivity contribution in [3.63, 3.8) is 0 Å². The molecule has 0 aliphatic carbocycles. The molecule has 0 unspecified atom stereocenters. The maximum absolute atomic E-state index is 13.8. The van der Waals surface area contributed by atoms with E-state index in [4.69, 9.17) is 9.47 Å². The molecular formula is C27H28N4O3. The molecule has 4 aromatic rings. The van der Waals surface area contributed by atoms with Crippen LogP contribution >= 0.6 is 0 Å². The molecule has 2 aromatic heterocycles. The van der Waals surface area contributed by atoms with Gasteiger partial charge in [0.15, 0.2) is 0 Å². The van der Waals surface area contributed by atoms with Crippen molar-refractivity contribution in [3.05, 3.63) is 82.3 Å². The van der Waals surface area contributed by atoms with Gasteiger partial charge in [0, 0.05) is 36.4 Å². The summed E-state index contributed by atoms with van der Waals surface area (Å²) >= 11 is 0. The van der Waals surface area contributed by atoms with E-state index in [0.717, 1.165) is 59.6 Å². The van der Waals surface area contributed by atoms with Gasteiger partial charge in [-0.2, -0.15) is 0 Å². The SMILES string of the molecule is COc1cccc(Cn2c(-c3ccccc3C)cc3cnc(NC4CCOCC4)nc3c2=O)c1. The first-order valence-corrected chi connectivity index (χ1v) is 11.6. The predicted octanol–water partition coefficient (Wildman–Crippen LogP) is 4.41. The van der Waals surface area contributed by atoms with Crippen LogP contribution in [-0.4, -0.2) is 40.9 Å². The number of nitrogens with one attached hydrogen (secondary N) is 1. The van der Waals surface area contributed by atoms with Gasteiger partial charge < -0.3 is 19.4 Å². The fraction of sp³-hybridized carbons (Fsp3) is 0.296. The van der Waals surface area contributed by atoms with Crippen LogP contribution in [0.15, 0.2) is 65.6 Å². The Morgan fingerprint density at radius 3 is 2.74 bits per heavy atom. The van der Waals surface area contributed by atoms with Crippen molar-refractivity contribution in [3.8, 4) is 17.0 Å². The van der Waals surface area contributed by atoms with Crippen molar-refractivity contribution >= 4 is 16.9 Å². The minimum Gasteiger partial charge on any atom is -0.497 e. The molecule has 1 fully saturated rings. The smallest absolute Gasteiger partial charge is 0.278 e. The average molecular weight is 457 g/mol. The van der Waals surface area contributed by atoms with Crippen LogP contribution < -0.4 is 15.6 Å². The fourth-order valence-electron chi connectivity index (χ4n) is 4.42. The third-order valence-corrected chi connectivity index (χ3v) is 6.30. The molecule has 0 atom stereocenters. The second kappa shape index (κ2) is 9.65. The minimum atomic E-state index is -0.143. The summed E-state index contributed by atoms with van der Waals surface area (Å²) in [6.07, 6.45) is 3.53. The Labute approximate surface area is 198 Å². The molecule has 0 bridgehead atoms. The quantitative estimate of drug-likeness (QED) is 0.463. The van der Waals surface area contributed by atoms with Crippen LogP contribution in [0.1, 0.15) is 24.0 Å². The maximum Gasteiger partial charge on any atom is 0.278 e. The summed E-state index contributed by atoms with van der Waals surface area (Å²) in [4.78, 5) is 23.0. The first-order chi connectivity index (χ1) is 16.6. The lowest BCUT2D eigenvalue weighted by molar-refractivity contribution is 0.0903. The van der Waals surface area contributed by atoms with E-state index < -0.39 is 0 Å². The maximum atomic E-state index is 13.8. The number of nitrogens with zero attached hydrogens (tertiary/aromatic N) is 3. The Morgan fingerprint density at radius 2 is 1.94 bits per heavy atom. The van der Waals surface area contributed by atoms with Gasteiger partial charge in [-0.1, -0.05) is 36.4 Å². The molecule has 7 nitrogen and oxygen atoms in total. The molecule has 5 rings (SSSR count). The molecule has 0 amide bonds. The minimum absolute atomic E-state index is 0.143. The molecule has 34 heavy (non-hydrogen) atoms. The summed E-state index contributed by atoms with van der Waals surface area (Å²) in [5, 5.41) is 4.10. The van der Waals surface area contributed by atoms with Crippen LogP contribution in [0.25, 0.3) is 22.2 Å². The number of pyridine rings is 1. The van der Waals surface area contributed by atoms with E-state index in [-0.39, 0.29) is 11.6 Å². The summed E-state index contributed by atoms with van der Waals surface area (Å²) in [5.74, 6) is 1.24. The normalized spacial score (nSPS) is 14.3. The summed E-state index contributed by atoms with van der Waals surface area (Å²) in [5.41, 5.74) is 4.19. The van der Waals surface area contributed by atoms with Crippen molar-refractivity contribution in [1.29, 1.82) is 0 Å². The Morgan fingerprint density at radius 1 is 1.12 bits per heavy atom. The second-order valence-electron chi connectivity index (χ2n) is 8.62. The zero-order chi connectivity index (χ0) is 23.5. The van der Waals surface area contributed by atoms with E-state index in [1.54, 1.807) is 17.9 Å². The molecule has 174 valence electrons. The highest BCUT2D eigenvalue weighted by molar-refractivity contribution is 5.83. The standard InChI is InChI=1S/C27H28N4O3/c1-18-6-3-4-9-23(18)24-15-20-16-28-27(29-21-10-12-34-13-11-21)30-25(20)26(32)31(24)17-19-7-5-8-22(14-19)33-2/h3-9,14-16,21H,10-13,17H2,1-2H3,(H,28,29,30). The molecule has 1 aliphatic rings. The molecule has 0 spiro atoms. The van der Waals surface area contributed by atoms with Gasteiger partial charge in [-0.3, -0.25) is 4.79 Å². The number of hydrogen-bond acceptors (Lipinski definition) is 6. The third-order valence-electron chi connectivity index (χ3n) is 6.30. The topological polar surface area (TPSA) is 78.3 Å². The van der Waals surface area contributed by atoms with Gasteiger partial charge in [-0.05, 0) is 49.1 Å². The molecule has 0 radical (unpaired) electrons. The highest BCUT2D eigenvalue weighted by atomic mass is 16.5. The van der Waals surface area contributed by atoms with E-state index in [9.17, 15) is 4.79 Å². The number of anilines is 1. The Balaban J connectivity index is 1.63. The summed E-state index contributed by atoms with van der Waals surface area (Å²) < 4.78 is 12.6. The van der Waals surface area contributed by atoms with Crippen LogP contribution in [0, 0.1) is 6.92 Å². The summed E-state index contributed by atoms with van der Waals surface area (Å²) in [7, 11) is 1.64. The lowest BCUT2D eigenvalue weighted by Crippen LogP contribution is -2.29. The number of benzene rings is 2. The number of aromatic nitrogens is 3. The first kappa shape index (κ1) is 22.1. The number of ether oxygens (including phenoxy) is 2. The predicted molar refractivity (Wildman–Crippen MR) is 134 cm³/mol. The fourth-order valence-corrected chi connectivity index (χ4v) is 4.42. The van der Waals surface area contributed by atoms with Crippen LogP contribution in [-0.2, 0) is 11.3 Å². The number of methoxy groups -OCH3 is 1. The van der Waals surface area contributed by atoms with Crippen LogP contribution in [0.2, 0.25) is 0 Å². The monoisotopic (exact) mass is 456 g/mol. The average Bonchev–Trinajstić information content (AvgIpc) is 2.87. The number of hydrogen-bond donors (Lipinski definition) is 1. The number of fused-ring (bicyclic) bond motifs is 1. The molecular weight excluding hydrogens is 428 g/mol. The number of rotatable bonds is 6. The second-order valence-corrected chi connectivity index (χ2v) is 8.62. The van der Waals surface area contributed by atoms with Crippen molar-refractivity contribution in [2.75, 3.05) is 25.6 Å². The highest BCUT2D eigenvalue weighted by Crippen LogP contribution is 2.26. The van der Waals surface area contributed by atoms with E-state index in [0.29, 0.717) is 18.0 Å². The number of aryl methyl sites for hydroxylation is 1. The molecule has 2 aromatic carbocycles. The molecule has 1 aliphatic heterocycles. The lowest BCUT2D eigenvalue weighted by atomic mass is 10.0. The Bertz CT molecular complexity index is 1380. The van der Waals surface area contributed by atoms with Crippen molar-refractivity contribution < 1.29 is 9.47 Å². The summed E-state index contributed by atoms with van der Waals surface area (Å²) in [6, 6.07) is 18.1. The molecule has 3 heterocycles.